The average molecular weight is 474 g/mol. The monoisotopic (exact) mass is 473 g/mol. The Labute approximate surface area is 190 Å². The van der Waals surface area contributed by atoms with Gasteiger partial charge in [0.05, 0.1) is 17.4 Å². The van der Waals surface area contributed by atoms with E-state index in [9.17, 15) is 8.42 Å². The minimum absolute atomic E-state index is 0.0424. The highest BCUT2D eigenvalue weighted by Crippen LogP contribution is 2.29. The number of aryl methyl sites for hydroxylation is 1. The lowest BCUT2D eigenvalue weighted by molar-refractivity contribution is 0.581. The lowest BCUT2D eigenvalue weighted by atomic mass is 10.1. The molecule has 0 atom stereocenters. The zero-order valence-corrected chi connectivity index (χ0v) is 19.6. The number of imidazole rings is 2. The van der Waals surface area contributed by atoms with Crippen molar-refractivity contribution in [3.05, 3.63) is 66.1 Å². The highest BCUT2D eigenvalue weighted by Gasteiger charge is 2.16. The summed E-state index contributed by atoms with van der Waals surface area (Å²) in [4.78, 5) is 13.0. The average Bonchev–Trinajstić information content (AvgIpc) is 3.37. The molecule has 0 radical (unpaired) electrons. The number of H-pyrrole nitrogens is 1. The first kappa shape index (κ1) is 21.9. The summed E-state index contributed by atoms with van der Waals surface area (Å²) in [5.74, 6) is 1.44. The van der Waals surface area contributed by atoms with E-state index < -0.39 is 10.0 Å². The number of benzene rings is 2. The summed E-state index contributed by atoms with van der Waals surface area (Å²) in [6.07, 6.45) is 2.96. The lowest BCUT2D eigenvalue weighted by Gasteiger charge is -2.11. The van der Waals surface area contributed by atoms with Crippen LogP contribution in [-0.2, 0) is 22.8 Å². The highest BCUT2D eigenvalue weighted by molar-refractivity contribution is 7.99. The molecule has 0 aliphatic carbocycles. The molecule has 162 valence electrons. The molecule has 4 rings (SSSR count). The maximum Gasteiger partial charge on any atom is 0.259 e. The predicted molar refractivity (Wildman–Crippen MR) is 126 cm³/mol. The summed E-state index contributed by atoms with van der Waals surface area (Å²) in [5.41, 5.74) is 4.46. The fourth-order valence-electron chi connectivity index (χ4n) is 3.06. The number of hydrogen-bond acceptors (Lipinski definition) is 6. The molecule has 0 amide bonds. The van der Waals surface area contributed by atoms with Crippen molar-refractivity contribution < 1.29 is 8.42 Å². The van der Waals surface area contributed by atoms with Crippen molar-refractivity contribution in [2.75, 3.05) is 12.3 Å². The zero-order valence-electron chi connectivity index (χ0n) is 17.2. The summed E-state index contributed by atoms with van der Waals surface area (Å²) in [6, 6.07) is 14.2. The van der Waals surface area contributed by atoms with E-state index in [2.05, 4.69) is 38.7 Å². The van der Waals surface area contributed by atoms with E-state index in [0.717, 1.165) is 26.8 Å². The first-order chi connectivity index (χ1) is 14.9. The van der Waals surface area contributed by atoms with Crippen molar-refractivity contribution in [1.82, 2.24) is 24.2 Å². The van der Waals surface area contributed by atoms with Crippen molar-refractivity contribution in [1.29, 1.82) is 0 Å². The molecule has 7 nitrogen and oxygen atoms in total. The second-order valence-corrected chi connectivity index (χ2v) is 10.8. The van der Waals surface area contributed by atoms with Gasteiger partial charge in [-0.3, -0.25) is 0 Å². The van der Waals surface area contributed by atoms with E-state index >= 15 is 0 Å². The SMILES string of the molecule is Cc1c(CSc2nc3ccccc3[nH]2)cccc1SCCNS(=O)(=O)c1cn(C)cn1. The Hall–Kier alpha value is -2.27. The van der Waals surface area contributed by atoms with Gasteiger partial charge in [0, 0.05) is 36.2 Å². The van der Waals surface area contributed by atoms with Gasteiger partial charge in [-0.1, -0.05) is 36.0 Å². The largest absolute Gasteiger partial charge is 0.339 e. The molecular formula is C21H23N5O2S3. The topological polar surface area (TPSA) is 92.7 Å². The Bertz CT molecular complexity index is 1260. The Morgan fingerprint density at radius 3 is 2.74 bits per heavy atom. The first-order valence-electron chi connectivity index (χ1n) is 9.69. The van der Waals surface area contributed by atoms with Crippen LogP contribution in [0.25, 0.3) is 11.0 Å². The van der Waals surface area contributed by atoms with Gasteiger partial charge in [0.15, 0.2) is 10.2 Å². The standard InChI is InChI=1S/C21H23N5O2S3/c1-15-16(13-30-21-24-17-7-3-4-8-18(17)25-21)6-5-9-19(15)29-11-10-23-31(27,28)20-12-26(2)14-22-20/h3-9,12,14,23H,10-11,13H2,1-2H3,(H,24,25). The molecule has 31 heavy (non-hydrogen) atoms. The van der Waals surface area contributed by atoms with Gasteiger partial charge in [0.1, 0.15) is 0 Å². The maximum atomic E-state index is 12.3. The number of rotatable bonds is 9. The number of aromatic amines is 1. The summed E-state index contributed by atoms with van der Waals surface area (Å²) in [7, 11) is -1.83. The number of hydrogen-bond donors (Lipinski definition) is 2. The quantitative estimate of drug-likeness (QED) is 0.282. The van der Waals surface area contributed by atoms with Crippen LogP contribution in [0.15, 0.2) is 70.1 Å². The van der Waals surface area contributed by atoms with Crippen molar-refractivity contribution in [2.45, 2.75) is 27.8 Å². The number of aromatic nitrogens is 4. The lowest BCUT2D eigenvalue weighted by Crippen LogP contribution is -2.26. The third kappa shape index (κ3) is 5.32. The third-order valence-corrected chi connectivity index (χ3v) is 8.17. The molecule has 0 saturated carbocycles. The minimum Gasteiger partial charge on any atom is -0.339 e. The molecule has 2 aromatic heterocycles. The Balaban J connectivity index is 1.33. The van der Waals surface area contributed by atoms with Crippen LogP contribution in [0.2, 0.25) is 0 Å². The van der Waals surface area contributed by atoms with E-state index in [4.69, 9.17) is 0 Å². The first-order valence-corrected chi connectivity index (χ1v) is 13.1. The van der Waals surface area contributed by atoms with E-state index in [1.165, 1.54) is 23.7 Å². The molecule has 0 aliphatic heterocycles. The Kier molecular flexibility index (Phi) is 6.71. The van der Waals surface area contributed by atoms with E-state index in [1.54, 1.807) is 35.1 Å². The smallest absolute Gasteiger partial charge is 0.259 e. The minimum atomic E-state index is -3.57. The molecule has 0 unspecified atom stereocenters. The summed E-state index contributed by atoms with van der Waals surface area (Å²) < 4.78 is 28.7. The number of fused-ring (bicyclic) bond motifs is 1. The van der Waals surface area contributed by atoms with Crippen molar-refractivity contribution in [3.63, 3.8) is 0 Å². The Morgan fingerprint density at radius 1 is 1.13 bits per heavy atom. The maximum absolute atomic E-state index is 12.3. The molecule has 0 saturated heterocycles. The van der Waals surface area contributed by atoms with Crippen LogP contribution < -0.4 is 4.72 Å². The Morgan fingerprint density at radius 2 is 1.97 bits per heavy atom. The summed E-state index contributed by atoms with van der Waals surface area (Å²) in [6.45, 7) is 2.44. The molecule has 2 aromatic carbocycles. The van der Waals surface area contributed by atoms with E-state index in [0.29, 0.717) is 12.3 Å². The van der Waals surface area contributed by atoms with Crippen LogP contribution in [0.4, 0.5) is 0 Å². The van der Waals surface area contributed by atoms with Crippen LogP contribution >= 0.6 is 23.5 Å². The zero-order chi connectivity index (χ0) is 21.8. The predicted octanol–water partition coefficient (Wildman–Crippen LogP) is 3.97. The number of para-hydroxylation sites is 2. The molecular weight excluding hydrogens is 450 g/mol. The van der Waals surface area contributed by atoms with Crippen LogP contribution in [-0.4, -0.2) is 40.2 Å². The normalized spacial score (nSPS) is 11.9. The molecule has 10 heteroatoms. The van der Waals surface area contributed by atoms with Crippen LogP contribution in [0.1, 0.15) is 11.1 Å². The van der Waals surface area contributed by atoms with Gasteiger partial charge in [-0.05, 0) is 36.2 Å². The van der Waals surface area contributed by atoms with E-state index in [1.807, 2.05) is 30.3 Å². The second-order valence-electron chi connectivity index (χ2n) is 7.01. The van der Waals surface area contributed by atoms with Crippen molar-refractivity contribution in [3.8, 4) is 0 Å². The molecule has 0 fully saturated rings. The van der Waals surface area contributed by atoms with Gasteiger partial charge in [-0.25, -0.2) is 23.1 Å². The van der Waals surface area contributed by atoms with Gasteiger partial charge in [0.25, 0.3) is 10.0 Å². The molecule has 0 aliphatic rings. The van der Waals surface area contributed by atoms with Crippen molar-refractivity contribution in [2.24, 2.45) is 7.05 Å². The van der Waals surface area contributed by atoms with Crippen LogP contribution in [0.5, 0.6) is 0 Å². The fraction of sp³-hybridized carbons (Fsp3) is 0.238. The van der Waals surface area contributed by atoms with Crippen molar-refractivity contribution >= 4 is 44.6 Å². The fourth-order valence-corrected chi connectivity index (χ4v) is 6.09. The number of nitrogens with zero attached hydrogens (tertiary/aromatic N) is 3. The molecule has 0 bridgehead atoms. The third-order valence-electron chi connectivity index (χ3n) is 4.74. The van der Waals surface area contributed by atoms with Gasteiger partial charge in [0.2, 0.25) is 0 Å². The second kappa shape index (κ2) is 9.47. The van der Waals surface area contributed by atoms with E-state index in [-0.39, 0.29) is 5.03 Å². The highest BCUT2D eigenvalue weighted by atomic mass is 32.2. The molecule has 2 N–H and O–H groups in total. The van der Waals surface area contributed by atoms with Gasteiger partial charge in [-0.2, -0.15) is 0 Å². The van der Waals surface area contributed by atoms with Gasteiger partial charge < -0.3 is 9.55 Å². The number of sulfonamides is 1. The summed E-state index contributed by atoms with van der Waals surface area (Å²) >= 11 is 3.32. The van der Waals surface area contributed by atoms with Crippen LogP contribution in [0, 0.1) is 6.92 Å². The molecule has 2 heterocycles. The van der Waals surface area contributed by atoms with Crippen LogP contribution in [0.3, 0.4) is 0 Å². The number of thioether (sulfide) groups is 2. The number of nitrogens with one attached hydrogen (secondary N) is 2. The van der Waals surface area contributed by atoms with Gasteiger partial charge >= 0.3 is 0 Å². The molecule has 0 spiro atoms. The summed E-state index contributed by atoms with van der Waals surface area (Å²) in [5, 5.41) is 0.948. The molecule has 4 aromatic rings. The van der Waals surface area contributed by atoms with Gasteiger partial charge in [-0.15, -0.1) is 11.8 Å².